The van der Waals surface area contributed by atoms with Crippen LogP contribution in [0, 0.1) is 0 Å². The number of benzene rings is 2. The Bertz CT molecular complexity index is 826. The van der Waals surface area contributed by atoms with Crippen LogP contribution >= 0.6 is 39.1 Å². The molecule has 0 heterocycles. The number of carbonyl (C=O) groups is 1. The Hall–Kier alpha value is -1.12. The highest BCUT2D eigenvalue weighted by molar-refractivity contribution is 9.10. The van der Waals surface area contributed by atoms with Gasteiger partial charge in [0.2, 0.25) is 15.9 Å². The highest BCUT2D eigenvalue weighted by Gasteiger charge is 2.16. The molecule has 0 spiro atoms. The summed E-state index contributed by atoms with van der Waals surface area (Å²) in [5, 5.41) is 3.20. The smallest absolute Gasteiger partial charge is 0.241 e. The fourth-order valence-corrected chi connectivity index (χ4v) is 3.23. The molecule has 0 saturated carbocycles. The highest BCUT2D eigenvalue weighted by Crippen LogP contribution is 2.25. The predicted octanol–water partition coefficient (Wildman–Crippen LogP) is 3.67. The molecule has 0 fully saturated rings. The number of amides is 1. The third-order valence-corrected chi connectivity index (χ3v) is 5.26. The maximum atomic E-state index is 12.1. The summed E-state index contributed by atoms with van der Waals surface area (Å²) in [5.74, 6) is -0.560. The lowest BCUT2D eigenvalue weighted by atomic mass is 10.3. The standard InChI is InChI=1S/C14H11BrCl2N2O3S/c15-9-1-4-11(5-2-9)23(21,22)18-8-14(20)19-13-7-10(16)3-6-12(13)17/h1-7,18H,8H2,(H,19,20). The Morgan fingerprint density at radius 2 is 1.74 bits per heavy atom. The molecule has 122 valence electrons. The minimum absolute atomic E-state index is 0.0642. The summed E-state index contributed by atoms with van der Waals surface area (Å²) in [6, 6.07) is 10.6. The minimum Gasteiger partial charge on any atom is -0.324 e. The van der Waals surface area contributed by atoms with Gasteiger partial charge in [0.05, 0.1) is 22.2 Å². The topological polar surface area (TPSA) is 75.3 Å². The molecule has 2 N–H and O–H groups in total. The number of halogens is 3. The molecular formula is C14H11BrCl2N2O3S. The van der Waals surface area contributed by atoms with E-state index in [1.165, 1.54) is 24.3 Å². The van der Waals surface area contributed by atoms with Crippen LogP contribution in [0.3, 0.4) is 0 Å². The van der Waals surface area contributed by atoms with Crippen molar-refractivity contribution in [3.8, 4) is 0 Å². The maximum Gasteiger partial charge on any atom is 0.241 e. The van der Waals surface area contributed by atoms with Gasteiger partial charge in [-0.25, -0.2) is 13.1 Å². The van der Waals surface area contributed by atoms with Crippen LogP contribution in [0.25, 0.3) is 0 Å². The maximum absolute atomic E-state index is 12.1. The van der Waals surface area contributed by atoms with Gasteiger partial charge in [-0.15, -0.1) is 0 Å². The van der Waals surface area contributed by atoms with Gasteiger partial charge in [-0.1, -0.05) is 39.1 Å². The lowest BCUT2D eigenvalue weighted by Gasteiger charge is -2.09. The van der Waals surface area contributed by atoms with Crippen molar-refractivity contribution < 1.29 is 13.2 Å². The SMILES string of the molecule is O=C(CNS(=O)(=O)c1ccc(Br)cc1)Nc1cc(Cl)ccc1Cl. The molecule has 23 heavy (non-hydrogen) atoms. The number of anilines is 1. The van der Waals surface area contributed by atoms with Crippen LogP contribution in [0.5, 0.6) is 0 Å². The van der Waals surface area contributed by atoms with Crippen LogP contribution in [0.4, 0.5) is 5.69 Å². The van der Waals surface area contributed by atoms with E-state index >= 15 is 0 Å². The fraction of sp³-hybridized carbons (Fsp3) is 0.0714. The third kappa shape index (κ3) is 5.19. The lowest BCUT2D eigenvalue weighted by molar-refractivity contribution is -0.115. The van der Waals surface area contributed by atoms with E-state index in [0.717, 1.165) is 4.47 Å². The minimum atomic E-state index is -3.77. The van der Waals surface area contributed by atoms with Crippen molar-refractivity contribution in [2.75, 3.05) is 11.9 Å². The van der Waals surface area contributed by atoms with E-state index in [1.807, 2.05) is 0 Å². The Morgan fingerprint density at radius 3 is 2.39 bits per heavy atom. The Labute approximate surface area is 152 Å². The van der Waals surface area contributed by atoms with E-state index in [4.69, 9.17) is 23.2 Å². The van der Waals surface area contributed by atoms with Gasteiger partial charge in [0.15, 0.2) is 0 Å². The molecule has 9 heteroatoms. The monoisotopic (exact) mass is 436 g/mol. The molecule has 2 aromatic carbocycles. The summed E-state index contributed by atoms with van der Waals surface area (Å²) in [5.41, 5.74) is 0.312. The second-order valence-corrected chi connectivity index (χ2v) is 7.98. The molecule has 2 aromatic rings. The number of nitrogens with one attached hydrogen (secondary N) is 2. The van der Waals surface area contributed by atoms with Crippen LogP contribution in [-0.4, -0.2) is 20.9 Å². The van der Waals surface area contributed by atoms with Crippen LogP contribution in [0.2, 0.25) is 10.0 Å². The van der Waals surface area contributed by atoms with E-state index in [9.17, 15) is 13.2 Å². The number of hydrogen-bond donors (Lipinski definition) is 2. The Kier molecular flexibility index (Phi) is 6.05. The molecule has 0 atom stereocenters. The van der Waals surface area contributed by atoms with Gasteiger partial charge in [0.1, 0.15) is 0 Å². The molecule has 0 saturated heterocycles. The number of rotatable bonds is 5. The van der Waals surface area contributed by atoms with Crippen molar-refractivity contribution in [2.24, 2.45) is 0 Å². The summed E-state index contributed by atoms with van der Waals surface area (Å²) < 4.78 is 27.1. The summed E-state index contributed by atoms with van der Waals surface area (Å²) in [6.45, 7) is -0.429. The Balaban J connectivity index is 2.01. The van der Waals surface area contributed by atoms with Crippen LogP contribution in [0.15, 0.2) is 51.8 Å². The van der Waals surface area contributed by atoms with E-state index in [-0.39, 0.29) is 4.90 Å². The van der Waals surface area contributed by atoms with Crippen molar-refractivity contribution in [1.82, 2.24) is 4.72 Å². The summed E-state index contributed by atoms with van der Waals surface area (Å²) in [7, 11) is -3.77. The van der Waals surface area contributed by atoms with E-state index < -0.39 is 22.5 Å². The van der Waals surface area contributed by atoms with Gasteiger partial charge >= 0.3 is 0 Å². The first-order valence-electron chi connectivity index (χ1n) is 6.28. The zero-order valence-corrected chi connectivity index (χ0v) is 15.4. The van der Waals surface area contributed by atoms with Crippen molar-refractivity contribution in [3.63, 3.8) is 0 Å². The molecular weight excluding hydrogens is 427 g/mol. The average Bonchev–Trinajstić information content (AvgIpc) is 2.49. The average molecular weight is 438 g/mol. The van der Waals surface area contributed by atoms with Gasteiger partial charge in [-0.2, -0.15) is 0 Å². The second kappa shape index (κ2) is 7.63. The van der Waals surface area contributed by atoms with Gasteiger partial charge in [0, 0.05) is 9.50 Å². The zero-order chi connectivity index (χ0) is 17.0. The van der Waals surface area contributed by atoms with Gasteiger partial charge in [0.25, 0.3) is 0 Å². The summed E-state index contributed by atoms with van der Waals surface area (Å²) >= 11 is 15.0. The first-order valence-corrected chi connectivity index (χ1v) is 9.31. The van der Waals surface area contributed by atoms with Crippen molar-refractivity contribution in [2.45, 2.75) is 4.90 Å². The Morgan fingerprint density at radius 1 is 1.09 bits per heavy atom. The number of carbonyl (C=O) groups excluding carboxylic acids is 1. The quantitative estimate of drug-likeness (QED) is 0.749. The first kappa shape index (κ1) is 18.2. The fourth-order valence-electron chi connectivity index (χ4n) is 1.65. The van der Waals surface area contributed by atoms with E-state index in [1.54, 1.807) is 18.2 Å². The van der Waals surface area contributed by atoms with Crippen LogP contribution < -0.4 is 10.0 Å². The lowest BCUT2D eigenvalue weighted by Crippen LogP contribution is -2.32. The van der Waals surface area contributed by atoms with Crippen molar-refractivity contribution in [3.05, 3.63) is 57.0 Å². The highest BCUT2D eigenvalue weighted by atomic mass is 79.9. The predicted molar refractivity (Wildman–Crippen MR) is 94.4 cm³/mol. The molecule has 5 nitrogen and oxygen atoms in total. The summed E-state index contributed by atoms with van der Waals surface area (Å²) in [6.07, 6.45) is 0. The molecule has 0 aliphatic heterocycles. The van der Waals surface area contributed by atoms with Gasteiger partial charge in [-0.3, -0.25) is 4.79 Å². The molecule has 2 rings (SSSR count). The number of hydrogen-bond acceptors (Lipinski definition) is 3. The zero-order valence-electron chi connectivity index (χ0n) is 11.5. The molecule has 0 unspecified atom stereocenters. The molecule has 0 radical (unpaired) electrons. The molecule has 1 amide bonds. The normalized spacial score (nSPS) is 11.3. The second-order valence-electron chi connectivity index (χ2n) is 4.45. The van der Waals surface area contributed by atoms with Gasteiger partial charge < -0.3 is 5.32 Å². The summed E-state index contributed by atoms with van der Waals surface area (Å²) in [4.78, 5) is 11.9. The first-order chi connectivity index (χ1) is 10.8. The van der Waals surface area contributed by atoms with Gasteiger partial charge in [-0.05, 0) is 42.5 Å². The van der Waals surface area contributed by atoms with Crippen LogP contribution in [-0.2, 0) is 14.8 Å². The van der Waals surface area contributed by atoms with Crippen molar-refractivity contribution >= 4 is 60.7 Å². The van der Waals surface area contributed by atoms with E-state index in [0.29, 0.717) is 15.7 Å². The molecule has 0 aromatic heterocycles. The third-order valence-electron chi connectivity index (χ3n) is 2.75. The van der Waals surface area contributed by atoms with E-state index in [2.05, 4.69) is 26.0 Å². The molecule has 0 bridgehead atoms. The molecule has 0 aliphatic carbocycles. The number of sulfonamides is 1. The van der Waals surface area contributed by atoms with Crippen molar-refractivity contribution in [1.29, 1.82) is 0 Å². The van der Waals surface area contributed by atoms with Crippen LogP contribution in [0.1, 0.15) is 0 Å². The molecule has 0 aliphatic rings. The largest absolute Gasteiger partial charge is 0.324 e.